The van der Waals surface area contributed by atoms with Gasteiger partial charge in [0.1, 0.15) is 5.69 Å². The summed E-state index contributed by atoms with van der Waals surface area (Å²) >= 11 is 1.75. The van der Waals surface area contributed by atoms with Crippen LogP contribution in [0, 0.1) is 5.92 Å². The summed E-state index contributed by atoms with van der Waals surface area (Å²) in [6.45, 7) is 4.54. The molecule has 0 unspecified atom stereocenters. The van der Waals surface area contributed by atoms with Crippen LogP contribution in [0.25, 0.3) is 0 Å². The van der Waals surface area contributed by atoms with Crippen molar-refractivity contribution >= 4 is 17.2 Å². The number of carbonyl (C=O) groups is 1. The fourth-order valence-electron chi connectivity index (χ4n) is 4.05. The number of amides is 1. The fraction of sp³-hybridized carbons (Fsp3) is 0.556. The van der Waals surface area contributed by atoms with Crippen LogP contribution in [0.2, 0.25) is 0 Å². The Hall–Kier alpha value is -1.70. The van der Waals surface area contributed by atoms with Gasteiger partial charge in [-0.1, -0.05) is 0 Å². The van der Waals surface area contributed by atoms with Crippen LogP contribution in [0.4, 0.5) is 0 Å². The molecule has 1 amide bonds. The molecule has 1 spiro atoms. The van der Waals surface area contributed by atoms with E-state index in [-0.39, 0.29) is 11.5 Å². The van der Waals surface area contributed by atoms with Gasteiger partial charge in [0.25, 0.3) is 5.91 Å². The molecule has 0 aliphatic carbocycles. The highest BCUT2D eigenvalue weighted by Crippen LogP contribution is 2.42. The number of hydrogen-bond acceptors (Lipinski definition) is 5. The molecule has 134 valence electrons. The molecule has 2 saturated heterocycles. The van der Waals surface area contributed by atoms with Crippen LogP contribution in [0.5, 0.6) is 0 Å². The van der Waals surface area contributed by atoms with E-state index in [1.807, 2.05) is 0 Å². The topological polar surface area (TPSA) is 59.4 Å². The zero-order valence-electron chi connectivity index (χ0n) is 14.5. The summed E-state index contributed by atoms with van der Waals surface area (Å²) in [5.41, 5.74) is 1.99. The minimum Gasteiger partial charge on any atom is -0.372 e. The minimum absolute atomic E-state index is 0.00722. The SMILES string of the molecule is Cn1nccc1C(=O)NCC[C@H]1CCOC12CN(Cc1ccsc1)C2. The van der Waals surface area contributed by atoms with Crippen LogP contribution in [0.15, 0.2) is 29.1 Å². The van der Waals surface area contributed by atoms with Crippen molar-refractivity contribution in [3.8, 4) is 0 Å². The summed E-state index contributed by atoms with van der Waals surface area (Å²) in [5, 5.41) is 11.4. The maximum Gasteiger partial charge on any atom is 0.269 e. The summed E-state index contributed by atoms with van der Waals surface area (Å²) in [7, 11) is 1.78. The summed E-state index contributed by atoms with van der Waals surface area (Å²) in [6, 6.07) is 3.93. The van der Waals surface area contributed by atoms with Gasteiger partial charge in [0.15, 0.2) is 0 Å². The fourth-order valence-corrected chi connectivity index (χ4v) is 4.71. The smallest absolute Gasteiger partial charge is 0.269 e. The van der Waals surface area contributed by atoms with Crippen molar-refractivity contribution in [2.75, 3.05) is 26.2 Å². The Balaban J connectivity index is 1.25. The highest BCUT2D eigenvalue weighted by Gasteiger charge is 2.52. The predicted molar refractivity (Wildman–Crippen MR) is 96.5 cm³/mol. The van der Waals surface area contributed by atoms with E-state index in [1.165, 1.54) is 5.56 Å². The van der Waals surface area contributed by atoms with Gasteiger partial charge < -0.3 is 10.1 Å². The van der Waals surface area contributed by atoms with Gasteiger partial charge in [-0.15, -0.1) is 0 Å². The second-order valence-electron chi connectivity index (χ2n) is 7.06. The van der Waals surface area contributed by atoms with Crippen LogP contribution in [-0.4, -0.2) is 52.4 Å². The molecule has 0 radical (unpaired) electrons. The molecule has 25 heavy (non-hydrogen) atoms. The van der Waals surface area contributed by atoms with Gasteiger partial charge in [-0.25, -0.2) is 0 Å². The second-order valence-corrected chi connectivity index (χ2v) is 7.84. The molecule has 2 fully saturated rings. The Labute approximate surface area is 151 Å². The van der Waals surface area contributed by atoms with Crippen LogP contribution in [0.3, 0.4) is 0 Å². The molecule has 4 rings (SSSR count). The Kier molecular flexibility index (Phi) is 4.62. The van der Waals surface area contributed by atoms with Crippen LogP contribution in [-0.2, 0) is 18.3 Å². The second kappa shape index (κ2) is 6.90. The molecule has 2 aliphatic heterocycles. The van der Waals surface area contributed by atoms with E-state index in [4.69, 9.17) is 4.74 Å². The Morgan fingerprint density at radius 3 is 3.08 bits per heavy atom. The van der Waals surface area contributed by atoms with E-state index < -0.39 is 0 Å². The van der Waals surface area contributed by atoms with Crippen molar-refractivity contribution in [1.29, 1.82) is 0 Å². The molecule has 1 N–H and O–H groups in total. The molecule has 4 heterocycles. The number of rotatable bonds is 6. The average molecular weight is 360 g/mol. The van der Waals surface area contributed by atoms with Crippen LogP contribution >= 0.6 is 11.3 Å². The van der Waals surface area contributed by atoms with Gasteiger partial charge >= 0.3 is 0 Å². The van der Waals surface area contributed by atoms with Gasteiger partial charge in [-0.3, -0.25) is 14.4 Å². The van der Waals surface area contributed by atoms with E-state index in [0.29, 0.717) is 18.2 Å². The first-order valence-electron chi connectivity index (χ1n) is 8.80. The van der Waals surface area contributed by atoms with Crippen molar-refractivity contribution in [3.05, 3.63) is 40.3 Å². The Bertz CT molecular complexity index is 721. The number of nitrogens with zero attached hydrogens (tertiary/aromatic N) is 3. The summed E-state index contributed by atoms with van der Waals surface area (Å²) in [4.78, 5) is 14.6. The molecule has 2 aromatic heterocycles. The highest BCUT2D eigenvalue weighted by molar-refractivity contribution is 7.07. The van der Waals surface area contributed by atoms with Gasteiger partial charge in [-0.05, 0) is 47.2 Å². The standard InChI is InChI=1S/C18H24N4O2S/c1-21-16(3-7-20-21)17(23)19-6-2-15-4-8-24-18(15)12-22(13-18)10-14-5-9-25-11-14/h3,5,7,9,11,15H,2,4,6,8,10,12-13H2,1H3,(H,19,23)/t15-/m0/s1. The zero-order valence-corrected chi connectivity index (χ0v) is 15.3. The summed E-state index contributed by atoms with van der Waals surface area (Å²) in [6.07, 6.45) is 3.70. The lowest BCUT2D eigenvalue weighted by atomic mass is 9.79. The van der Waals surface area contributed by atoms with Gasteiger partial charge in [0, 0.05) is 46.0 Å². The first-order valence-corrected chi connectivity index (χ1v) is 9.74. The van der Waals surface area contributed by atoms with E-state index in [2.05, 4.69) is 32.1 Å². The molecule has 0 saturated carbocycles. The third-order valence-electron chi connectivity index (χ3n) is 5.40. The van der Waals surface area contributed by atoms with Crippen LogP contribution < -0.4 is 5.32 Å². The molecule has 2 aliphatic rings. The third kappa shape index (κ3) is 3.36. The number of aromatic nitrogens is 2. The predicted octanol–water partition coefficient (Wildman–Crippen LogP) is 1.89. The lowest BCUT2D eigenvalue weighted by Gasteiger charge is -2.50. The molecule has 7 heteroatoms. The molecule has 0 bridgehead atoms. The van der Waals surface area contributed by atoms with E-state index >= 15 is 0 Å². The maximum absolute atomic E-state index is 12.2. The number of nitrogens with one attached hydrogen (secondary N) is 1. The lowest BCUT2D eigenvalue weighted by molar-refractivity contribution is -0.136. The molecule has 1 atom stereocenters. The molecule has 6 nitrogen and oxygen atoms in total. The molecular formula is C18H24N4O2S. The number of aryl methyl sites for hydroxylation is 1. The van der Waals surface area contributed by atoms with Crippen molar-refractivity contribution in [2.45, 2.75) is 25.0 Å². The number of ether oxygens (including phenoxy) is 1. The summed E-state index contributed by atoms with van der Waals surface area (Å²) < 4.78 is 7.72. The number of carbonyl (C=O) groups excluding carboxylic acids is 1. The quantitative estimate of drug-likeness (QED) is 0.855. The monoisotopic (exact) mass is 360 g/mol. The van der Waals surface area contributed by atoms with Crippen molar-refractivity contribution < 1.29 is 9.53 Å². The largest absolute Gasteiger partial charge is 0.372 e. The van der Waals surface area contributed by atoms with Crippen molar-refractivity contribution in [2.24, 2.45) is 13.0 Å². The first-order chi connectivity index (χ1) is 12.2. The van der Waals surface area contributed by atoms with E-state index in [0.717, 1.165) is 39.1 Å². The minimum atomic E-state index is -0.0549. The van der Waals surface area contributed by atoms with Gasteiger partial charge in [0.05, 0.1) is 5.60 Å². The number of hydrogen-bond donors (Lipinski definition) is 1. The summed E-state index contributed by atoms with van der Waals surface area (Å²) in [5.74, 6) is 0.471. The molecule has 0 aromatic carbocycles. The molecular weight excluding hydrogens is 336 g/mol. The van der Waals surface area contributed by atoms with Gasteiger partial charge in [-0.2, -0.15) is 16.4 Å². The first kappa shape index (κ1) is 16.8. The van der Waals surface area contributed by atoms with Crippen molar-refractivity contribution in [3.63, 3.8) is 0 Å². The van der Waals surface area contributed by atoms with Crippen molar-refractivity contribution in [1.82, 2.24) is 20.0 Å². The maximum atomic E-state index is 12.2. The van der Waals surface area contributed by atoms with E-state index in [1.54, 1.807) is 35.3 Å². The molecule has 2 aromatic rings. The number of likely N-dealkylation sites (tertiary alicyclic amines) is 1. The highest BCUT2D eigenvalue weighted by atomic mass is 32.1. The number of thiophene rings is 1. The Morgan fingerprint density at radius 1 is 1.48 bits per heavy atom. The zero-order chi connectivity index (χ0) is 17.3. The van der Waals surface area contributed by atoms with Gasteiger partial charge in [0.2, 0.25) is 0 Å². The normalized spacial score (nSPS) is 22.2. The Morgan fingerprint density at radius 2 is 2.36 bits per heavy atom. The average Bonchev–Trinajstić information content (AvgIpc) is 3.28. The van der Waals surface area contributed by atoms with Crippen LogP contribution in [0.1, 0.15) is 28.9 Å². The van der Waals surface area contributed by atoms with E-state index in [9.17, 15) is 4.79 Å². The third-order valence-corrected chi connectivity index (χ3v) is 6.13. The lowest BCUT2D eigenvalue weighted by Crippen LogP contribution is -2.64.